The van der Waals surface area contributed by atoms with E-state index < -0.39 is 0 Å². The van der Waals surface area contributed by atoms with Crippen molar-refractivity contribution in [2.75, 3.05) is 13.7 Å². The SMILES string of the molecule is COCCC(C)n1nnc(CN)c1C1CCC1. The maximum atomic E-state index is 5.74. The zero-order chi connectivity index (χ0) is 12.3. The van der Waals surface area contributed by atoms with Crippen molar-refractivity contribution >= 4 is 0 Å². The van der Waals surface area contributed by atoms with E-state index in [0.717, 1.165) is 18.7 Å². The topological polar surface area (TPSA) is 66.0 Å². The normalized spacial score (nSPS) is 18.1. The van der Waals surface area contributed by atoms with E-state index in [9.17, 15) is 0 Å². The van der Waals surface area contributed by atoms with E-state index in [0.29, 0.717) is 18.5 Å². The zero-order valence-corrected chi connectivity index (χ0v) is 10.7. The molecule has 0 saturated heterocycles. The summed E-state index contributed by atoms with van der Waals surface area (Å²) in [5.74, 6) is 0.619. The van der Waals surface area contributed by atoms with E-state index in [1.807, 2.05) is 0 Å². The third-order valence-electron chi connectivity index (χ3n) is 3.65. The number of aromatic nitrogens is 3. The first-order valence-corrected chi connectivity index (χ1v) is 6.40. The summed E-state index contributed by atoms with van der Waals surface area (Å²) >= 11 is 0. The van der Waals surface area contributed by atoms with Crippen molar-refractivity contribution in [3.63, 3.8) is 0 Å². The molecule has 0 radical (unpaired) electrons. The van der Waals surface area contributed by atoms with Crippen LogP contribution in [0.25, 0.3) is 0 Å². The van der Waals surface area contributed by atoms with Crippen LogP contribution in [0.2, 0.25) is 0 Å². The number of ether oxygens (including phenoxy) is 1. The van der Waals surface area contributed by atoms with E-state index in [1.165, 1.54) is 25.0 Å². The van der Waals surface area contributed by atoms with Gasteiger partial charge in [-0.2, -0.15) is 0 Å². The number of nitrogens with two attached hydrogens (primary N) is 1. The Balaban J connectivity index is 2.17. The molecule has 0 spiro atoms. The van der Waals surface area contributed by atoms with Gasteiger partial charge < -0.3 is 10.5 Å². The fraction of sp³-hybridized carbons (Fsp3) is 0.833. The van der Waals surface area contributed by atoms with Gasteiger partial charge in [0.05, 0.1) is 17.4 Å². The Morgan fingerprint density at radius 1 is 1.53 bits per heavy atom. The van der Waals surface area contributed by atoms with Crippen LogP contribution in [-0.4, -0.2) is 28.7 Å². The number of hydrogen-bond donors (Lipinski definition) is 1. The summed E-state index contributed by atoms with van der Waals surface area (Å²) in [6.45, 7) is 3.40. The summed E-state index contributed by atoms with van der Waals surface area (Å²) < 4.78 is 7.18. The van der Waals surface area contributed by atoms with Crippen LogP contribution in [0.15, 0.2) is 0 Å². The van der Waals surface area contributed by atoms with E-state index in [1.54, 1.807) is 7.11 Å². The molecule has 0 aromatic carbocycles. The van der Waals surface area contributed by atoms with Gasteiger partial charge in [-0.05, 0) is 26.2 Å². The number of hydrogen-bond acceptors (Lipinski definition) is 4. The van der Waals surface area contributed by atoms with Crippen LogP contribution in [0.3, 0.4) is 0 Å². The van der Waals surface area contributed by atoms with Crippen molar-refractivity contribution in [1.82, 2.24) is 15.0 Å². The predicted octanol–water partition coefficient (Wildman–Crippen LogP) is 1.60. The van der Waals surface area contributed by atoms with Gasteiger partial charge in [0, 0.05) is 26.2 Å². The van der Waals surface area contributed by atoms with E-state index in [4.69, 9.17) is 10.5 Å². The van der Waals surface area contributed by atoms with Gasteiger partial charge in [0.1, 0.15) is 0 Å². The molecular weight excluding hydrogens is 216 g/mol. The molecule has 1 aliphatic carbocycles. The van der Waals surface area contributed by atoms with Crippen LogP contribution < -0.4 is 5.73 Å². The average molecular weight is 238 g/mol. The van der Waals surface area contributed by atoms with E-state index >= 15 is 0 Å². The minimum atomic E-state index is 0.332. The molecule has 1 heterocycles. The summed E-state index contributed by atoms with van der Waals surface area (Å²) in [4.78, 5) is 0. The molecule has 96 valence electrons. The summed E-state index contributed by atoms with van der Waals surface area (Å²) in [5, 5.41) is 8.49. The standard InChI is InChI=1S/C12H22N4O/c1-9(6-7-17-2)16-12(10-4-3-5-10)11(8-13)14-15-16/h9-10H,3-8,13H2,1-2H3. The second kappa shape index (κ2) is 5.60. The Labute approximate surface area is 102 Å². The Hall–Kier alpha value is -0.940. The minimum absolute atomic E-state index is 0.332. The monoisotopic (exact) mass is 238 g/mol. The Kier molecular flexibility index (Phi) is 4.12. The highest BCUT2D eigenvalue weighted by molar-refractivity contribution is 5.18. The van der Waals surface area contributed by atoms with Crippen LogP contribution in [0, 0.1) is 0 Å². The molecule has 2 N–H and O–H groups in total. The summed E-state index contributed by atoms with van der Waals surface area (Å²) in [5.41, 5.74) is 7.98. The molecule has 1 fully saturated rings. The Bertz CT molecular complexity index is 359. The quantitative estimate of drug-likeness (QED) is 0.817. The third-order valence-corrected chi connectivity index (χ3v) is 3.65. The molecule has 2 rings (SSSR count). The molecule has 17 heavy (non-hydrogen) atoms. The lowest BCUT2D eigenvalue weighted by molar-refractivity contribution is 0.176. The third kappa shape index (κ3) is 2.50. The van der Waals surface area contributed by atoms with Crippen molar-refractivity contribution in [2.24, 2.45) is 5.73 Å². The van der Waals surface area contributed by atoms with Crippen LogP contribution >= 0.6 is 0 Å². The van der Waals surface area contributed by atoms with Gasteiger partial charge in [-0.25, -0.2) is 4.68 Å². The molecule has 1 aliphatic rings. The summed E-state index contributed by atoms with van der Waals surface area (Å²) in [6.07, 6.45) is 4.77. The number of methoxy groups -OCH3 is 1. The molecule has 0 aliphatic heterocycles. The smallest absolute Gasteiger partial charge is 0.0997 e. The Morgan fingerprint density at radius 2 is 2.29 bits per heavy atom. The average Bonchev–Trinajstić information content (AvgIpc) is 2.67. The minimum Gasteiger partial charge on any atom is -0.385 e. The molecule has 5 heteroatoms. The van der Waals surface area contributed by atoms with Crippen LogP contribution in [0.4, 0.5) is 0 Å². The summed E-state index contributed by atoms with van der Waals surface area (Å²) in [7, 11) is 1.73. The van der Waals surface area contributed by atoms with Gasteiger partial charge in [-0.3, -0.25) is 0 Å². The maximum Gasteiger partial charge on any atom is 0.0997 e. The zero-order valence-electron chi connectivity index (χ0n) is 10.7. The largest absolute Gasteiger partial charge is 0.385 e. The van der Waals surface area contributed by atoms with Crippen molar-refractivity contribution < 1.29 is 4.74 Å². The lowest BCUT2D eigenvalue weighted by atomic mass is 9.82. The first kappa shape index (κ1) is 12.5. The van der Waals surface area contributed by atoms with Crippen molar-refractivity contribution in [1.29, 1.82) is 0 Å². The van der Waals surface area contributed by atoms with Crippen LogP contribution in [-0.2, 0) is 11.3 Å². The lowest BCUT2D eigenvalue weighted by Crippen LogP contribution is -2.20. The van der Waals surface area contributed by atoms with Crippen molar-refractivity contribution in [2.45, 2.75) is 51.1 Å². The van der Waals surface area contributed by atoms with Gasteiger partial charge in [0.2, 0.25) is 0 Å². The second-order valence-electron chi connectivity index (χ2n) is 4.83. The van der Waals surface area contributed by atoms with E-state index in [-0.39, 0.29) is 0 Å². The maximum absolute atomic E-state index is 5.74. The van der Waals surface area contributed by atoms with Crippen LogP contribution in [0.5, 0.6) is 0 Å². The molecule has 1 aromatic heterocycles. The number of nitrogens with zero attached hydrogens (tertiary/aromatic N) is 3. The second-order valence-corrected chi connectivity index (χ2v) is 4.83. The van der Waals surface area contributed by atoms with Gasteiger partial charge in [-0.1, -0.05) is 11.6 Å². The van der Waals surface area contributed by atoms with Gasteiger partial charge >= 0.3 is 0 Å². The highest BCUT2D eigenvalue weighted by Gasteiger charge is 2.28. The fourth-order valence-corrected chi connectivity index (χ4v) is 2.32. The molecule has 0 amide bonds. The molecule has 5 nitrogen and oxygen atoms in total. The van der Waals surface area contributed by atoms with Gasteiger partial charge in [0.15, 0.2) is 0 Å². The highest BCUT2D eigenvalue weighted by Crippen LogP contribution is 2.38. The van der Waals surface area contributed by atoms with Crippen molar-refractivity contribution in [3.8, 4) is 0 Å². The van der Waals surface area contributed by atoms with Gasteiger partial charge in [0.25, 0.3) is 0 Å². The molecule has 1 saturated carbocycles. The number of rotatable bonds is 6. The Morgan fingerprint density at radius 3 is 2.82 bits per heavy atom. The highest BCUT2D eigenvalue weighted by atomic mass is 16.5. The first-order valence-electron chi connectivity index (χ1n) is 6.40. The van der Waals surface area contributed by atoms with E-state index in [2.05, 4.69) is 21.9 Å². The van der Waals surface area contributed by atoms with Crippen molar-refractivity contribution in [3.05, 3.63) is 11.4 Å². The molecule has 1 aromatic rings. The molecule has 0 bridgehead atoms. The molecule has 1 atom stereocenters. The first-order chi connectivity index (χ1) is 8.27. The molecule has 1 unspecified atom stereocenters. The van der Waals surface area contributed by atoms with Crippen LogP contribution in [0.1, 0.15) is 56.0 Å². The molecular formula is C12H22N4O. The summed E-state index contributed by atoms with van der Waals surface area (Å²) in [6, 6.07) is 0.332. The lowest BCUT2D eigenvalue weighted by Gasteiger charge is -2.28. The van der Waals surface area contributed by atoms with Gasteiger partial charge in [-0.15, -0.1) is 5.10 Å². The predicted molar refractivity (Wildman–Crippen MR) is 65.7 cm³/mol. The fourth-order valence-electron chi connectivity index (χ4n) is 2.32.